The maximum absolute atomic E-state index is 11.8. The minimum Gasteiger partial charge on any atom is -0.293 e. The van der Waals surface area contributed by atoms with Crippen LogP contribution in [0, 0.1) is 10.1 Å². The van der Waals surface area contributed by atoms with Gasteiger partial charge in [-0.2, -0.15) is 0 Å². The Bertz CT molecular complexity index is 531. The molecule has 5 heteroatoms. The van der Waals surface area contributed by atoms with Crippen molar-refractivity contribution in [2.24, 2.45) is 0 Å². The average molecular weight is 247 g/mol. The lowest BCUT2D eigenvalue weighted by atomic mass is 10.1. The van der Waals surface area contributed by atoms with Crippen LogP contribution in [-0.4, -0.2) is 10.7 Å². The summed E-state index contributed by atoms with van der Waals surface area (Å²) in [5.74, 6) is 0.0360. The molecule has 0 aliphatic heterocycles. The molecule has 0 aliphatic carbocycles. The maximum atomic E-state index is 11.8. The van der Waals surface area contributed by atoms with Gasteiger partial charge in [0, 0.05) is 18.6 Å². The molecular formula is C12H9NO3S. The highest BCUT2D eigenvalue weighted by molar-refractivity contribution is 7.12. The van der Waals surface area contributed by atoms with Crippen LogP contribution in [0.4, 0.5) is 5.69 Å². The van der Waals surface area contributed by atoms with Crippen LogP contribution in [0.15, 0.2) is 41.8 Å². The molecule has 0 spiro atoms. The highest BCUT2D eigenvalue weighted by Gasteiger charge is 2.09. The molecular weight excluding hydrogens is 238 g/mol. The summed E-state index contributed by atoms with van der Waals surface area (Å²) in [7, 11) is 0. The van der Waals surface area contributed by atoms with Crippen molar-refractivity contribution < 1.29 is 9.72 Å². The Kier molecular flexibility index (Phi) is 3.30. The lowest BCUT2D eigenvalue weighted by molar-refractivity contribution is -0.384. The van der Waals surface area contributed by atoms with E-state index in [-0.39, 0.29) is 17.9 Å². The molecule has 0 atom stereocenters. The molecule has 0 aliphatic rings. The summed E-state index contributed by atoms with van der Waals surface area (Å²) in [6, 6.07) is 9.66. The Morgan fingerprint density at radius 2 is 1.94 bits per heavy atom. The van der Waals surface area contributed by atoms with Crippen molar-refractivity contribution in [1.82, 2.24) is 0 Å². The molecule has 1 aromatic carbocycles. The van der Waals surface area contributed by atoms with Gasteiger partial charge in [-0.05, 0) is 17.0 Å². The molecule has 0 saturated heterocycles. The van der Waals surface area contributed by atoms with Crippen LogP contribution in [0.3, 0.4) is 0 Å². The minimum atomic E-state index is -0.454. The quantitative estimate of drug-likeness (QED) is 0.474. The van der Waals surface area contributed by atoms with E-state index < -0.39 is 4.92 Å². The zero-order chi connectivity index (χ0) is 12.3. The van der Waals surface area contributed by atoms with E-state index in [1.807, 2.05) is 11.4 Å². The van der Waals surface area contributed by atoms with Crippen molar-refractivity contribution in [3.05, 3.63) is 62.3 Å². The lowest BCUT2D eigenvalue weighted by Crippen LogP contribution is -2.01. The van der Waals surface area contributed by atoms with Gasteiger partial charge in [0.1, 0.15) is 0 Å². The van der Waals surface area contributed by atoms with Crippen LogP contribution in [0.2, 0.25) is 0 Å². The number of thiophene rings is 1. The number of benzene rings is 1. The van der Waals surface area contributed by atoms with Crippen molar-refractivity contribution in [2.75, 3.05) is 0 Å². The van der Waals surface area contributed by atoms with E-state index in [1.54, 1.807) is 18.2 Å². The van der Waals surface area contributed by atoms with Gasteiger partial charge in [0.05, 0.1) is 9.80 Å². The second-order valence-electron chi connectivity index (χ2n) is 3.50. The summed E-state index contributed by atoms with van der Waals surface area (Å²) in [5.41, 5.74) is 0.825. The first kappa shape index (κ1) is 11.5. The lowest BCUT2D eigenvalue weighted by Gasteiger charge is -1.98. The maximum Gasteiger partial charge on any atom is 0.269 e. The van der Waals surface area contributed by atoms with Crippen LogP contribution in [0.1, 0.15) is 15.2 Å². The zero-order valence-corrected chi connectivity index (χ0v) is 9.65. The summed E-state index contributed by atoms with van der Waals surface area (Å²) in [5, 5.41) is 12.3. The Labute approximate surface area is 102 Å². The van der Waals surface area contributed by atoms with Gasteiger partial charge in [-0.15, -0.1) is 11.3 Å². The fourth-order valence-corrected chi connectivity index (χ4v) is 2.11. The number of carbonyl (C=O) groups is 1. The largest absolute Gasteiger partial charge is 0.293 e. The molecule has 1 aromatic heterocycles. The molecule has 0 saturated carbocycles. The molecule has 86 valence electrons. The number of nitro groups is 1. The van der Waals surface area contributed by atoms with Crippen LogP contribution in [-0.2, 0) is 6.42 Å². The summed E-state index contributed by atoms with van der Waals surface area (Å²) in [6.45, 7) is 0. The second-order valence-corrected chi connectivity index (χ2v) is 4.45. The van der Waals surface area contributed by atoms with Crippen molar-refractivity contribution in [3.63, 3.8) is 0 Å². The van der Waals surface area contributed by atoms with Gasteiger partial charge in [-0.1, -0.05) is 18.2 Å². The highest BCUT2D eigenvalue weighted by Crippen LogP contribution is 2.16. The number of rotatable bonds is 4. The van der Waals surface area contributed by atoms with Gasteiger partial charge in [-0.3, -0.25) is 14.9 Å². The van der Waals surface area contributed by atoms with Crippen molar-refractivity contribution >= 4 is 22.8 Å². The van der Waals surface area contributed by atoms with Crippen molar-refractivity contribution in [2.45, 2.75) is 6.42 Å². The predicted octanol–water partition coefficient (Wildman–Crippen LogP) is 3.08. The summed E-state index contributed by atoms with van der Waals surface area (Å²) in [4.78, 5) is 22.5. The zero-order valence-electron chi connectivity index (χ0n) is 8.83. The molecule has 0 unspecified atom stereocenters. The van der Waals surface area contributed by atoms with E-state index in [0.29, 0.717) is 4.88 Å². The van der Waals surface area contributed by atoms with E-state index in [4.69, 9.17) is 0 Å². The third kappa shape index (κ3) is 2.76. The molecule has 0 N–H and O–H groups in total. The number of hydrogen-bond acceptors (Lipinski definition) is 4. The van der Waals surface area contributed by atoms with Crippen molar-refractivity contribution in [1.29, 1.82) is 0 Å². The molecule has 17 heavy (non-hydrogen) atoms. The smallest absolute Gasteiger partial charge is 0.269 e. The van der Waals surface area contributed by atoms with E-state index in [0.717, 1.165) is 5.56 Å². The number of nitrogens with zero attached hydrogens (tertiary/aromatic N) is 1. The van der Waals surface area contributed by atoms with Gasteiger partial charge in [0.2, 0.25) is 0 Å². The summed E-state index contributed by atoms with van der Waals surface area (Å²) >= 11 is 1.40. The van der Waals surface area contributed by atoms with Crippen LogP contribution in [0.25, 0.3) is 0 Å². The number of nitro benzene ring substituents is 1. The Morgan fingerprint density at radius 3 is 2.47 bits per heavy atom. The van der Waals surface area contributed by atoms with Gasteiger partial charge >= 0.3 is 0 Å². The standard InChI is InChI=1S/C12H9NO3S/c14-11(12-2-1-7-17-12)8-9-3-5-10(6-4-9)13(15)16/h1-7H,8H2. The van der Waals surface area contributed by atoms with E-state index >= 15 is 0 Å². The first-order chi connectivity index (χ1) is 8.16. The third-order valence-corrected chi connectivity index (χ3v) is 3.22. The Morgan fingerprint density at radius 1 is 1.24 bits per heavy atom. The van der Waals surface area contributed by atoms with Gasteiger partial charge in [0.15, 0.2) is 5.78 Å². The van der Waals surface area contributed by atoms with E-state index in [1.165, 1.54) is 23.5 Å². The minimum absolute atomic E-state index is 0.0360. The molecule has 2 aromatic rings. The van der Waals surface area contributed by atoms with Crippen molar-refractivity contribution in [3.8, 4) is 0 Å². The summed E-state index contributed by atoms with van der Waals surface area (Å²) < 4.78 is 0. The fraction of sp³-hybridized carbons (Fsp3) is 0.0833. The number of ketones is 1. The number of carbonyl (C=O) groups excluding carboxylic acids is 1. The molecule has 0 amide bonds. The van der Waals surface area contributed by atoms with Crippen LogP contribution in [0.5, 0.6) is 0 Å². The van der Waals surface area contributed by atoms with Gasteiger partial charge in [0.25, 0.3) is 5.69 Å². The number of hydrogen-bond donors (Lipinski definition) is 0. The Hall–Kier alpha value is -2.01. The SMILES string of the molecule is O=C(Cc1ccc([N+](=O)[O-])cc1)c1cccs1. The third-order valence-electron chi connectivity index (χ3n) is 2.31. The van der Waals surface area contributed by atoms with Gasteiger partial charge in [-0.25, -0.2) is 0 Å². The van der Waals surface area contributed by atoms with Crippen LogP contribution < -0.4 is 0 Å². The van der Waals surface area contributed by atoms with E-state index in [9.17, 15) is 14.9 Å². The Balaban J connectivity index is 2.09. The monoisotopic (exact) mass is 247 g/mol. The predicted molar refractivity (Wildman–Crippen MR) is 65.4 cm³/mol. The molecule has 4 nitrogen and oxygen atoms in total. The molecule has 0 radical (unpaired) electrons. The first-order valence-corrected chi connectivity index (χ1v) is 5.85. The second kappa shape index (κ2) is 4.88. The first-order valence-electron chi connectivity index (χ1n) is 4.97. The average Bonchev–Trinajstić information content (AvgIpc) is 2.83. The number of non-ortho nitro benzene ring substituents is 1. The molecule has 0 bridgehead atoms. The molecule has 0 fully saturated rings. The topological polar surface area (TPSA) is 60.2 Å². The molecule has 2 rings (SSSR count). The highest BCUT2D eigenvalue weighted by atomic mass is 32.1. The molecule has 1 heterocycles. The van der Waals surface area contributed by atoms with Gasteiger partial charge < -0.3 is 0 Å². The normalized spacial score (nSPS) is 10.1. The van der Waals surface area contributed by atoms with Crippen LogP contribution >= 0.6 is 11.3 Å². The number of Topliss-reactive ketones (excluding diaryl/α,β-unsaturated/α-hetero) is 1. The van der Waals surface area contributed by atoms with E-state index in [2.05, 4.69) is 0 Å². The summed E-state index contributed by atoms with van der Waals surface area (Å²) in [6.07, 6.45) is 0.276. The fourth-order valence-electron chi connectivity index (χ4n) is 1.45.